The number of aromatic nitrogens is 1. The molecule has 0 aliphatic rings. The fraction of sp³-hybridized carbons (Fsp3) is 0.231. The Morgan fingerprint density at radius 1 is 1.29 bits per heavy atom. The second-order valence-corrected chi connectivity index (χ2v) is 7.42. The summed E-state index contributed by atoms with van der Waals surface area (Å²) in [5.74, 6) is -0.453. The first-order valence-corrected chi connectivity index (χ1v) is 8.62. The Morgan fingerprint density at radius 3 is 2.38 bits per heavy atom. The van der Waals surface area contributed by atoms with Gasteiger partial charge in [-0.3, -0.25) is 4.79 Å². The summed E-state index contributed by atoms with van der Waals surface area (Å²) >= 11 is 1.33. The van der Waals surface area contributed by atoms with Crippen molar-refractivity contribution in [1.82, 2.24) is 4.98 Å². The summed E-state index contributed by atoms with van der Waals surface area (Å²) in [6.45, 7) is 3.63. The summed E-state index contributed by atoms with van der Waals surface area (Å²) in [5, 5.41) is 8.57. The van der Waals surface area contributed by atoms with Crippen molar-refractivity contribution in [2.45, 2.75) is 19.6 Å². The first-order chi connectivity index (χ1) is 9.74. The molecule has 21 heavy (non-hydrogen) atoms. The second-order valence-electron chi connectivity index (χ2n) is 4.61. The highest BCUT2D eigenvalue weighted by Crippen LogP contribution is 2.19. The summed E-state index contributed by atoms with van der Waals surface area (Å²) in [6.07, 6.45) is 0. The fourth-order valence-electron chi connectivity index (χ4n) is 1.85. The molecule has 112 valence electrons. The van der Waals surface area contributed by atoms with Gasteiger partial charge in [-0.15, -0.1) is 11.3 Å². The zero-order chi connectivity index (χ0) is 15.6. The molecule has 0 atom stereocenters. The number of anilines is 1. The Kier molecular flexibility index (Phi) is 4.40. The molecule has 0 fully saturated rings. The van der Waals surface area contributed by atoms with Crippen LogP contribution in [0, 0.1) is 13.8 Å². The van der Waals surface area contributed by atoms with Gasteiger partial charge in [-0.25, -0.2) is 18.5 Å². The second kappa shape index (κ2) is 5.92. The van der Waals surface area contributed by atoms with Crippen LogP contribution in [0.4, 0.5) is 5.69 Å². The van der Waals surface area contributed by atoms with E-state index in [4.69, 9.17) is 5.14 Å². The first kappa shape index (κ1) is 15.6. The lowest BCUT2D eigenvalue weighted by molar-refractivity contribution is 0.103. The molecule has 1 aromatic heterocycles. The van der Waals surface area contributed by atoms with E-state index in [0.29, 0.717) is 21.8 Å². The molecular formula is C13H15N3O3S2. The largest absolute Gasteiger partial charge is 0.321 e. The number of carbonyl (C=O) groups excluding carboxylic acids is 1. The van der Waals surface area contributed by atoms with Crippen molar-refractivity contribution >= 4 is 33.0 Å². The molecule has 0 saturated carbocycles. The highest BCUT2D eigenvalue weighted by Gasteiger charge is 2.14. The number of nitrogens with one attached hydrogen (secondary N) is 1. The molecule has 1 amide bonds. The predicted molar refractivity (Wildman–Crippen MR) is 82.8 cm³/mol. The number of benzene rings is 1. The number of nitrogens with zero attached hydrogens (tertiary/aromatic N) is 1. The van der Waals surface area contributed by atoms with E-state index in [9.17, 15) is 13.2 Å². The molecular weight excluding hydrogens is 310 g/mol. The van der Waals surface area contributed by atoms with E-state index in [1.807, 2.05) is 6.92 Å². The van der Waals surface area contributed by atoms with Gasteiger partial charge in [0.1, 0.15) is 4.88 Å². The molecule has 0 unspecified atom stereocenters. The van der Waals surface area contributed by atoms with Gasteiger partial charge in [0.15, 0.2) is 0 Å². The van der Waals surface area contributed by atoms with Gasteiger partial charge in [0.2, 0.25) is 10.0 Å². The van der Waals surface area contributed by atoms with Crippen LogP contribution < -0.4 is 10.5 Å². The van der Waals surface area contributed by atoms with Crippen molar-refractivity contribution in [2.24, 2.45) is 5.14 Å². The Bertz CT molecular complexity index is 764. The minimum absolute atomic E-state index is 0.225. The summed E-state index contributed by atoms with van der Waals surface area (Å²) in [4.78, 5) is 16.9. The molecule has 0 aliphatic carbocycles. The molecule has 0 saturated heterocycles. The van der Waals surface area contributed by atoms with Crippen LogP contribution in [0.25, 0.3) is 0 Å². The van der Waals surface area contributed by atoms with Crippen LogP contribution in [0.2, 0.25) is 0 Å². The lowest BCUT2D eigenvalue weighted by Crippen LogP contribution is -2.14. The molecule has 8 heteroatoms. The number of sulfonamides is 1. The summed E-state index contributed by atoms with van der Waals surface area (Å²) in [6, 6.07) is 6.51. The van der Waals surface area contributed by atoms with Crippen LogP contribution >= 0.6 is 11.3 Å². The minimum atomic E-state index is -3.55. The van der Waals surface area contributed by atoms with Gasteiger partial charge in [-0.2, -0.15) is 0 Å². The predicted octanol–water partition coefficient (Wildman–Crippen LogP) is 1.80. The summed E-state index contributed by atoms with van der Waals surface area (Å²) in [7, 11) is -3.55. The highest BCUT2D eigenvalue weighted by atomic mass is 32.2. The van der Waals surface area contributed by atoms with Crippen LogP contribution in [-0.4, -0.2) is 19.3 Å². The van der Waals surface area contributed by atoms with E-state index in [2.05, 4.69) is 10.3 Å². The van der Waals surface area contributed by atoms with Crippen molar-refractivity contribution in [3.8, 4) is 0 Å². The maximum atomic E-state index is 12.1. The number of rotatable bonds is 4. The van der Waals surface area contributed by atoms with Gasteiger partial charge in [0, 0.05) is 5.69 Å². The Balaban J connectivity index is 2.10. The van der Waals surface area contributed by atoms with Gasteiger partial charge < -0.3 is 5.32 Å². The van der Waals surface area contributed by atoms with Crippen LogP contribution in [0.5, 0.6) is 0 Å². The van der Waals surface area contributed by atoms with Crippen molar-refractivity contribution in [1.29, 1.82) is 0 Å². The van der Waals surface area contributed by atoms with Gasteiger partial charge in [-0.1, -0.05) is 12.1 Å². The topological polar surface area (TPSA) is 102 Å². The number of hydrogen-bond acceptors (Lipinski definition) is 5. The number of carbonyl (C=O) groups is 1. The summed E-state index contributed by atoms with van der Waals surface area (Å²) < 4.78 is 22.0. The lowest BCUT2D eigenvalue weighted by atomic mass is 10.2. The third-order valence-corrected chi connectivity index (χ3v) is 4.50. The molecule has 0 aliphatic heterocycles. The van der Waals surface area contributed by atoms with E-state index in [1.54, 1.807) is 31.2 Å². The quantitative estimate of drug-likeness (QED) is 0.894. The van der Waals surface area contributed by atoms with Gasteiger partial charge >= 0.3 is 0 Å². The number of primary sulfonamides is 1. The Morgan fingerprint density at radius 2 is 1.90 bits per heavy atom. The third-order valence-electron chi connectivity index (χ3n) is 2.69. The fourth-order valence-corrected chi connectivity index (χ4v) is 3.32. The number of nitrogens with two attached hydrogens (primary N) is 1. The van der Waals surface area contributed by atoms with Gasteiger partial charge in [0.25, 0.3) is 5.91 Å². The normalized spacial score (nSPS) is 11.4. The Labute approximate surface area is 127 Å². The van der Waals surface area contributed by atoms with Crippen LogP contribution in [0.1, 0.15) is 25.9 Å². The van der Waals surface area contributed by atoms with E-state index >= 15 is 0 Å². The van der Waals surface area contributed by atoms with Crippen molar-refractivity contribution in [3.63, 3.8) is 0 Å². The van der Waals surface area contributed by atoms with E-state index in [0.717, 1.165) is 5.01 Å². The van der Waals surface area contributed by atoms with Crippen LogP contribution in [0.3, 0.4) is 0 Å². The average molecular weight is 325 g/mol. The van der Waals surface area contributed by atoms with Crippen LogP contribution in [0.15, 0.2) is 24.3 Å². The van der Waals surface area contributed by atoms with Gasteiger partial charge in [-0.05, 0) is 31.5 Å². The smallest absolute Gasteiger partial charge is 0.267 e. The molecule has 0 bridgehead atoms. The standard InChI is InChI=1S/C13H15N3O3S2/c1-8-12(20-9(2)15-8)13(17)16-11-5-3-10(4-6-11)7-21(14,18)19/h3-6H,7H2,1-2H3,(H,16,17)(H2,14,18,19). The van der Waals surface area contributed by atoms with E-state index in [1.165, 1.54) is 11.3 Å². The molecule has 0 radical (unpaired) electrons. The zero-order valence-electron chi connectivity index (χ0n) is 11.6. The molecule has 1 heterocycles. The summed E-state index contributed by atoms with van der Waals surface area (Å²) in [5.41, 5.74) is 1.85. The number of hydrogen-bond donors (Lipinski definition) is 2. The number of amides is 1. The van der Waals surface area contributed by atoms with Crippen molar-refractivity contribution in [3.05, 3.63) is 45.4 Å². The molecule has 3 N–H and O–H groups in total. The van der Waals surface area contributed by atoms with Crippen molar-refractivity contribution < 1.29 is 13.2 Å². The zero-order valence-corrected chi connectivity index (χ0v) is 13.2. The maximum Gasteiger partial charge on any atom is 0.267 e. The van der Waals surface area contributed by atoms with E-state index in [-0.39, 0.29) is 11.7 Å². The lowest BCUT2D eigenvalue weighted by Gasteiger charge is -2.05. The Hall–Kier alpha value is -1.77. The molecule has 2 aromatic rings. The minimum Gasteiger partial charge on any atom is -0.321 e. The number of aryl methyl sites for hydroxylation is 2. The third kappa shape index (κ3) is 4.35. The SMILES string of the molecule is Cc1nc(C)c(C(=O)Nc2ccc(CS(N)(=O)=O)cc2)s1. The van der Waals surface area contributed by atoms with Gasteiger partial charge in [0.05, 0.1) is 16.5 Å². The first-order valence-electron chi connectivity index (χ1n) is 6.09. The molecule has 2 rings (SSSR count). The van der Waals surface area contributed by atoms with Crippen molar-refractivity contribution in [2.75, 3.05) is 5.32 Å². The molecule has 6 nitrogen and oxygen atoms in total. The average Bonchev–Trinajstić information content (AvgIpc) is 2.69. The molecule has 0 spiro atoms. The highest BCUT2D eigenvalue weighted by molar-refractivity contribution is 7.88. The van der Waals surface area contributed by atoms with Crippen LogP contribution in [-0.2, 0) is 15.8 Å². The molecule has 1 aromatic carbocycles. The number of thiazole rings is 1. The monoisotopic (exact) mass is 325 g/mol. The van der Waals surface area contributed by atoms with E-state index < -0.39 is 10.0 Å². The maximum absolute atomic E-state index is 12.1.